The fraction of sp³-hybridized carbons (Fsp3) is 0.429. The number of benzene rings is 1. The number of aryl methyl sites for hydroxylation is 2. The summed E-state index contributed by atoms with van der Waals surface area (Å²) in [6.45, 7) is 7.30. The molecule has 6 heteroatoms. The molecule has 0 N–H and O–H groups in total. The summed E-state index contributed by atoms with van der Waals surface area (Å²) in [5, 5.41) is 7.94. The molecule has 1 aromatic heterocycles. The first-order chi connectivity index (χ1) is 9.52. The highest BCUT2D eigenvalue weighted by Gasteiger charge is 2.25. The standard InChI is InChI=1S/C14H16BrN3O2/c1-8-4-13-12(5-11(8)15)18(6-9(2)19-13)7-14-17-16-10(3)20-14/h4-5,9H,6-7H2,1-3H3. The summed E-state index contributed by atoms with van der Waals surface area (Å²) in [4.78, 5) is 2.21. The van der Waals surface area contributed by atoms with Crippen LogP contribution in [0.25, 0.3) is 0 Å². The zero-order valence-corrected chi connectivity index (χ0v) is 13.3. The molecule has 1 aliphatic heterocycles. The van der Waals surface area contributed by atoms with Crippen molar-refractivity contribution in [1.82, 2.24) is 10.2 Å². The molecule has 1 unspecified atom stereocenters. The number of anilines is 1. The number of ether oxygens (including phenoxy) is 1. The Balaban J connectivity index is 1.94. The van der Waals surface area contributed by atoms with E-state index >= 15 is 0 Å². The summed E-state index contributed by atoms with van der Waals surface area (Å²) in [5.41, 5.74) is 2.21. The molecule has 0 fully saturated rings. The maximum absolute atomic E-state index is 5.91. The molecule has 106 valence electrons. The first-order valence-corrected chi connectivity index (χ1v) is 7.33. The van der Waals surface area contributed by atoms with E-state index in [1.807, 2.05) is 0 Å². The summed E-state index contributed by atoms with van der Waals surface area (Å²) in [6.07, 6.45) is 0.132. The summed E-state index contributed by atoms with van der Waals surface area (Å²) in [7, 11) is 0. The van der Waals surface area contributed by atoms with E-state index in [0.29, 0.717) is 18.3 Å². The Kier molecular flexibility index (Phi) is 3.41. The molecule has 3 rings (SSSR count). The Bertz CT molecular complexity index is 641. The van der Waals surface area contributed by atoms with Crippen molar-refractivity contribution in [1.29, 1.82) is 0 Å². The van der Waals surface area contributed by atoms with Gasteiger partial charge in [-0.15, -0.1) is 10.2 Å². The second-order valence-corrected chi connectivity index (χ2v) is 5.95. The second kappa shape index (κ2) is 5.09. The highest BCUT2D eigenvalue weighted by molar-refractivity contribution is 9.10. The zero-order chi connectivity index (χ0) is 14.3. The van der Waals surface area contributed by atoms with Gasteiger partial charge in [0.15, 0.2) is 0 Å². The SMILES string of the molecule is Cc1nnc(CN2CC(C)Oc3cc(C)c(Br)cc32)o1. The summed E-state index contributed by atoms with van der Waals surface area (Å²) in [6, 6.07) is 4.14. The molecule has 1 atom stereocenters. The van der Waals surface area contributed by atoms with Crippen LogP contribution in [0.4, 0.5) is 5.69 Å². The van der Waals surface area contributed by atoms with E-state index in [4.69, 9.17) is 9.15 Å². The Morgan fingerprint density at radius 2 is 2.15 bits per heavy atom. The van der Waals surface area contributed by atoms with E-state index in [9.17, 15) is 0 Å². The Hall–Kier alpha value is -1.56. The maximum atomic E-state index is 5.91. The van der Waals surface area contributed by atoms with Crippen LogP contribution in [-0.2, 0) is 6.54 Å². The summed E-state index contributed by atoms with van der Waals surface area (Å²) < 4.78 is 12.5. The lowest BCUT2D eigenvalue weighted by Crippen LogP contribution is -2.38. The van der Waals surface area contributed by atoms with Crippen LogP contribution in [0.3, 0.4) is 0 Å². The number of rotatable bonds is 2. The molecule has 0 radical (unpaired) electrons. The zero-order valence-electron chi connectivity index (χ0n) is 11.7. The van der Waals surface area contributed by atoms with Crippen LogP contribution in [0.2, 0.25) is 0 Å². The van der Waals surface area contributed by atoms with E-state index in [1.165, 1.54) is 0 Å². The molecule has 0 spiro atoms. The quantitative estimate of drug-likeness (QED) is 0.841. The van der Waals surface area contributed by atoms with Gasteiger partial charge in [0.1, 0.15) is 11.9 Å². The second-order valence-electron chi connectivity index (χ2n) is 5.09. The van der Waals surface area contributed by atoms with Crippen LogP contribution in [0.1, 0.15) is 24.3 Å². The van der Waals surface area contributed by atoms with Crippen molar-refractivity contribution in [3.63, 3.8) is 0 Å². The number of hydrogen-bond donors (Lipinski definition) is 0. The van der Waals surface area contributed by atoms with Gasteiger partial charge in [-0.05, 0) is 31.5 Å². The molecule has 2 heterocycles. The molecule has 0 saturated heterocycles. The third-order valence-corrected chi connectivity index (χ3v) is 4.13. The van der Waals surface area contributed by atoms with Gasteiger partial charge in [0.05, 0.1) is 18.8 Å². The average Bonchev–Trinajstić information content (AvgIpc) is 2.77. The number of aromatic nitrogens is 2. The van der Waals surface area contributed by atoms with Crippen LogP contribution in [0.15, 0.2) is 21.0 Å². The predicted octanol–water partition coefficient (Wildman–Crippen LogP) is 3.24. The molecule has 0 saturated carbocycles. The monoisotopic (exact) mass is 337 g/mol. The Morgan fingerprint density at radius 3 is 2.85 bits per heavy atom. The van der Waals surface area contributed by atoms with Gasteiger partial charge in [-0.2, -0.15) is 0 Å². The molecule has 0 aliphatic carbocycles. The minimum atomic E-state index is 0.132. The lowest BCUT2D eigenvalue weighted by molar-refractivity contribution is 0.210. The van der Waals surface area contributed by atoms with E-state index in [-0.39, 0.29) is 6.10 Å². The first-order valence-electron chi connectivity index (χ1n) is 6.53. The molecule has 1 aliphatic rings. The Labute approximate surface area is 126 Å². The molecule has 0 bridgehead atoms. The summed E-state index contributed by atoms with van der Waals surface area (Å²) in [5.74, 6) is 2.12. The number of halogens is 1. The third kappa shape index (κ3) is 2.52. The van der Waals surface area contributed by atoms with Crippen LogP contribution in [0, 0.1) is 13.8 Å². The van der Waals surface area contributed by atoms with E-state index in [2.05, 4.69) is 57.0 Å². The summed E-state index contributed by atoms with van der Waals surface area (Å²) >= 11 is 3.57. The molecule has 20 heavy (non-hydrogen) atoms. The van der Waals surface area contributed by atoms with Crippen molar-refractivity contribution < 1.29 is 9.15 Å². The molecular weight excluding hydrogens is 322 g/mol. The fourth-order valence-electron chi connectivity index (χ4n) is 2.36. The van der Waals surface area contributed by atoms with Gasteiger partial charge in [-0.1, -0.05) is 15.9 Å². The molecule has 0 amide bonds. The molecule has 5 nitrogen and oxygen atoms in total. The van der Waals surface area contributed by atoms with Crippen molar-refractivity contribution in [2.24, 2.45) is 0 Å². The topological polar surface area (TPSA) is 51.4 Å². The van der Waals surface area contributed by atoms with Gasteiger partial charge >= 0.3 is 0 Å². The molecule has 1 aromatic carbocycles. The number of fused-ring (bicyclic) bond motifs is 1. The van der Waals surface area contributed by atoms with Crippen LogP contribution >= 0.6 is 15.9 Å². The normalized spacial score (nSPS) is 17.8. The minimum Gasteiger partial charge on any atom is -0.487 e. The third-order valence-electron chi connectivity index (χ3n) is 3.28. The lowest BCUT2D eigenvalue weighted by atomic mass is 10.1. The van der Waals surface area contributed by atoms with E-state index in [0.717, 1.165) is 28.0 Å². The van der Waals surface area contributed by atoms with E-state index in [1.54, 1.807) is 6.92 Å². The number of nitrogens with zero attached hydrogens (tertiary/aromatic N) is 3. The molecule has 2 aromatic rings. The average molecular weight is 338 g/mol. The first kappa shape index (κ1) is 13.4. The van der Waals surface area contributed by atoms with Crippen molar-refractivity contribution in [2.75, 3.05) is 11.4 Å². The molecular formula is C14H16BrN3O2. The van der Waals surface area contributed by atoms with Crippen molar-refractivity contribution in [2.45, 2.75) is 33.4 Å². The Morgan fingerprint density at radius 1 is 1.35 bits per heavy atom. The lowest BCUT2D eigenvalue weighted by Gasteiger charge is -2.34. The van der Waals surface area contributed by atoms with Crippen LogP contribution < -0.4 is 9.64 Å². The highest BCUT2D eigenvalue weighted by atomic mass is 79.9. The van der Waals surface area contributed by atoms with Crippen LogP contribution in [0.5, 0.6) is 5.75 Å². The van der Waals surface area contributed by atoms with Gasteiger partial charge in [0.25, 0.3) is 0 Å². The largest absolute Gasteiger partial charge is 0.487 e. The maximum Gasteiger partial charge on any atom is 0.235 e. The highest BCUT2D eigenvalue weighted by Crippen LogP contribution is 2.38. The van der Waals surface area contributed by atoms with Crippen molar-refractivity contribution >= 4 is 21.6 Å². The van der Waals surface area contributed by atoms with Gasteiger partial charge < -0.3 is 14.1 Å². The van der Waals surface area contributed by atoms with Gasteiger partial charge in [-0.3, -0.25) is 0 Å². The minimum absolute atomic E-state index is 0.132. The van der Waals surface area contributed by atoms with Crippen molar-refractivity contribution in [3.8, 4) is 5.75 Å². The fourth-order valence-corrected chi connectivity index (χ4v) is 2.69. The number of hydrogen-bond acceptors (Lipinski definition) is 5. The van der Waals surface area contributed by atoms with E-state index < -0.39 is 0 Å². The smallest absolute Gasteiger partial charge is 0.235 e. The van der Waals surface area contributed by atoms with Gasteiger partial charge in [0, 0.05) is 11.4 Å². The van der Waals surface area contributed by atoms with Crippen LogP contribution in [-0.4, -0.2) is 22.8 Å². The van der Waals surface area contributed by atoms with Gasteiger partial charge in [0.2, 0.25) is 11.8 Å². The van der Waals surface area contributed by atoms with Crippen molar-refractivity contribution in [3.05, 3.63) is 34.0 Å². The van der Waals surface area contributed by atoms with Gasteiger partial charge in [-0.25, -0.2) is 0 Å². The predicted molar refractivity (Wildman–Crippen MR) is 79.1 cm³/mol.